The van der Waals surface area contributed by atoms with E-state index in [-0.39, 0.29) is 11.9 Å². The number of hydrogen-bond donors (Lipinski definition) is 3. The van der Waals surface area contributed by atoms with Gasteiger partial charge in [0.25, 0.3) is 0 Å². The maximum Gasteiger partial charge on any atom is 0.228 e. The van der Waals surface area contributed by atoms with Crippen molar-refractivity contribution in [3.63, 3.8) is 0 Å². The first-order valence-corrected chi connectivity index (χ1v) is 5.69. The fourth-order valence-electron chi connectivity index (χ4n) is 1.58. The molecule has 1 atom stereocenters. The lowest BCUT2D eigenvalue weighted by Gasteiger charge is -2.07. The van der Waals surface area contributed by atoms with Gasteiger partial charge in [-0.3, -0.25) is 10.1 Å². The number of H-pyrrole nitrogens is 1. The zero-order valence-electron chi connectivity index (χ0n) is 9.73. The molecule has 1 aromatic carbocycles. The van der Waals surface area contributed by atoms with Crippen molar-refractivity contribution >= 4 is 22.9 Å². The molecule has 2 aromatic rings. The number of nitrogens with zero attached hydrogens (tertiary/aromatic N) is 1. The van der Waals surface area contributed by atoms with Gasteiger partial charge >= 0.3 is 0 Å². The summed E-state index contributed by atoms with van der Waals surface area (Å²) in [6.45, 7) is 1.96. The maximum atomic E-state index is 11.6. The molecule has 17 heavy (non-hydrogen) atoms. The molecule has 0 aliphatic carbocycles. The average molecular weight is 232 g/mol. The smallest absolute Gasteiger partial charge is 0.228 e. The first-order chi connectivity index (χ1) is 8.19. The fourth-order valence-corrected chi connectivity index (χ4v) is 1.58. The number of amides is 1. The largest absolute Gasteiger partial charge is 0.327 e. The Labute approximate surface area is 99.4 Å². The van der Waals surface area contributed by atoms with Gasteiger partial charge in [-0.2, -0.15) is 0 Å². The van der Waals surface area contributed by atoms with Crippen LogP contribution < -0.4 is 11.1 Å². The Morgan fingerprint density at radius 3 is 3.00 bits per heavy atom. The van der Waals surface area contributed by atoms with Crippen LogP contribution >= 0.6 is 0 Å². The van der Waals surface area contributed by atoms with E-state index in [4.69, 9.17) is 5.73 Å². The van der Waals surface area contributed by atoms with Gasteiger partial charge in [-0.05, 0) is 18.6 Å². The van der Waals surface area contributed by atoms with Crippen molar-refractivity contribution in [2.24, 2.45) is 5.73 Å². The number of anilines is 1. The third-order valence-electron chi connectivity index (χ3n) is 2.62. The van der Waals surface area contributed by atoms with Gasteiger partial charge in [0.2, 0.25) is 11.9 Å². The minimum absolute atomic E-state index is 0.0978. The number of carbonyl (C=O) groups is 1. The van der Waals surface area contributed by atoms with E-state index in [0.717, 1.165) is 17.5 Å². The highest BCUT2D eigenvalue weighted by Gasteiger charge is 2.09. The average Bonchev–Trinajstić information content (AvgIpc) is 2.70. The van der Waals surface area contributed by atoms with Gasteiger partial charge in [-0.25, -0.2) is 4.98 Å². The van der Waals surface area contributed by atoms with Crippen molar-refractivity contribution in [3.8, 4) is 0 Å². The van der Waals surface area contributed by atoms with Gasteiger partial charge in [0, 0.05) is 12.5 Å². The molecule has 4 N–H and O–H groups in total. The lowest BCUT2D eigenvalue weighted by molar-refractivity contribution is -0.116. The normalized spacial score (nSPS) is 12.6. The van der Waals surface area contributed by atoms with Crippen molar-refractivity contribution in [1.29, 1.82) is 0 Å². The first kappa shape index (κ1) is 11.6. The second kappa shape index (κ2) is 4.97. The summed E-state index contributed by atoms with van der Waals surface area (Å²) in [4.78, 5) is 18.9. The zero-order valence-corrected chi connectivity index (χ0v) is 9.73. The molecule has 1 unspecified atom stereocenters. The number of nitrogens with two attached hydrogens (primary N) is 1. The Balaban J connectivity index is 2.05. The lowest BCUT2D eigenvalue weighted by atomic mass is 10.1. The van der Waals surface area contributed by atoms with E-state index in [0.29, 0.717) is 12.4 Å². The predicted molar refractivity (Wildman–Crippen MR) is 67.6 cm³/mol. The maximum absolute atomic E-state index is 11.6. The Hall–Kier alpha value is -1.88. The molecule has 2 rings (SSSR count). The van der Waals surface area contributed by atoms with Crippen molar-refractivity contribution in [3.05, 3.63) is 24.3 Å². The molecule has 0 aliphatic heterocycles. The minimum atomic E-state index is -0.113. The van der Waals surface area contributed by atoms with Crippen LogP contribution in [0, 0.1) is 0 Å². The van der Waals surface area contributed by atoms with Crippen molar-refractivity contribution < 1.29 is 4.79 Å². The van der Waals surface area contributed by atoms with Crippen LogP contribution in [0.4, 0.5) is 5.95 Å². The standard InChI is InChI=1S/C12H16N4O/c1-2-8(13)7-11(17)16-12-14-9-5-3-4-6-10(9)15-12/h3-6,8H,2,7,13H2,1H3,(H2,14,15,16,17). The second-order valence-corrected chi connectivity index (χ2v) is 4.02. The van der Waals surface area contributed by atoms with Crippen LogP contribution in [0.25, 0.3) is 11.0 Å². The summed E-state index contributed by atoms with van der Waals surface area (Å²) < 4.78 is 0. The highest BCUT2D eigenvalue weighted by atomic mass is 16.1. The van der Waals surface area contributed by atoms with E-state index < -0.39 is 0 Å². The summed E-state index contributed by atoms with van der Waals surface area (Å²) in [6.07, 6.45) is 1.10. The van der Waals surface area contributed by atoms with E-state index >= 15 is 0 Å². The predicted octanol–water partition coefficient (Wildman–Crippen LogP) is 1.63. The fraction of sp³-hybridized carbons (Fsp3) is 0.333. The molecule has 5 nitrogen and oxygen atoms in total. The van der Waals surface area contributed by atoms with E-state index in [1.54, 1.807) is 0 Å². The summed E-state index contributed by atoms with van der Waals surface area (Å²) in [5.74, 6) is 0.359. The van der Waals surface area contributed by atoms with Crippen LogP contribution in [0.2, 0.25) is 0 Å². The van der Waals surface area contributed by atoms with Crippen LogP contribution in [0.5, 0.6) is 0 Å². The number of aromatic amines is 1. The molecule has 0 saturated heterocycles. The summed E-state index contributed by atoms with van der Waals surface area (Å²) >= 11 is 0. The Kier molecular flexibility index (Phi) is 3.39. The summed E-state index contributed by atoms with van der Waals surface area (Å²) in [5, 5.41) is 2.71. The number of imidazole rings is 1. The summed E-state index contributed by atoms with van der Waals surface area (Å²) in [7, 11) is 0. The van der Waals surface area contributed by atoms with Gasteiger partial charge in [0.05, 0.1) is 11.0 Å². The zero-order chi connectivity index (χ0) is 12.3. The topological polar surface area (TPSA) is 83.8 Å². The lowest BCUT2D eigenvalue weighted by Crippen LogP contribution is -2.26. The van der Waals surface area contributed by atoms with Crippen molar-refractivity contribution in [2.45, 2.75) is 25.8 Å². The van der Waals surface area contributed by atoms with Gasteiger partial charge in [-0.15, -0.1) is 0 Å². The quantitative estimate of drug-likeness (QED) is 0.749. The van der Waals surface area contributed by atoms with Gasteiger partial charge in [0.1, 0.15) is 0 Å². The molecule has 0 bridgehead atoms. The molecule has 0 aliphatic rings. The summed E-state index contributed by atoms with van der Waals surface area (Å²) in [6, 6.07) is 7.52. The molecule has 0 saturated carbocycles. The van der Waals surface area contributed by atoms with E-state index in [9.17, 15) is 4.79 Å². The second-order valence-electron chi connectivity index (χ2n) is 4.02. The van der Waals surface area contributed by atoms with Crippen molar-refractivity contribution in [1.82, 2.24) is 9.97 Å². The minimum Gasteiger partial charge on any atom is -0.327 e. The molecule has 1 aromatic heterocycles. The van der Waals surface area contributed by atoms with Crippen molar-refractivity contribution in [2.75, 3.05) is 5.32 Å². The highest BCUT2D eigenvalue weighted by Crippen LogP contribution is 2.13. The number of benzene rings is 1. The molecular weight excluding hydrogens is 216 g/mol. The number of rotatable bonds is 4. The van der Waals surface area contributed by atoms with Gasteiger partial charge in [-0.1, -0.05) is 19.1 Å². The molecule has 0 spiro atoms. The third-order valence-corrected chi connectivity index (χ3v) is 2.62. The first-order valence-electron chi connectivity index (χ1n) is 5.69. The molecular formula is C12H16N4O. The monoisotopic (exact) mass is 232 g/mol. The number of fused-ring (bicyclic) bond motifs is 1. The molecule has 5 heteroatoms. The van der Waals surface area contributed by atoms with Crippen LogP contribution in [-0.2, 0) is 4.79 Å². The number of carbonyl (C=O) groups excluding carboxylic acids is 1. The number of para-hydroxylation sites is 2. The van der Waals surface area contributed by atoms with E-state index in [1.165, 1.54) is 0 Å². The summed E-state index contributed by atoms with van der Waals surface area (Å²) in [5.41, 5.74) is 7.45. The number of nitrogens with one attached hydrogen (secondary N) is 2. The Morgan fingerprint density at radius 1 is 1.53 bits per heavy atom. The Bertz CT molecular complexity index is 487. The van der Waals surface area contributed by atoms with Crippen LogP contribution in [0.1, 0.15) is 19.8 Å². The highest BCUT2D eigenvalue weighted by molar-refractivity contribution is 5.91. The SMILES string of the molecule is CCC(N)CC(=O)Nc1nc2ccccc2[nH]1. The van der Waals surface area contributed by atoms with Crippen LogP contribution in [-0.4, -0.2) is 21.9 Å². The van der Waals surface area contributed by atoms with E-state index in [2.05, 4.69) is 15.3 Å². The van der Waals surface area contributed by atoms with Gasteiger partial charge in [0.15, 0.2) is 0 Å². The number of aromatic nitrogens is 2. The number of hydrogen-bond acceptors (Lipinski definition) is 3. The molecule has 90 valence electrons. The van der Waals surface area contributed by atoms with Crippen LogP contribution in [0.3, 0.4) is 0 Å². The molecule has 0 radical (unpaired) electrons. The molecule has 1 heterocycles. The molecule has 1 amide bonds. The van der Waals surface area contributed by atoms with Crippen LogP contribution in [0.15, 0.2) is 24.3 Å². The van der Waals surface area contributed by atoms with Gasteiger partial charge < -0.3 is 10.7 Å². The Morgan fingerprint density at radius 2 is 2.29 bits per heavy atom. The van der Waals surface area contributed by atoms with E-state index in [1.807, 2.05) is 31.2 Å². The third kappa shape index (κ3) is 2.82. The molecule has 0 fully saturated rings.